The standard InChI is InChI=1S/C11H13F3N4/c1-6-4-7(16-15-6)10(2,3)8-5-9(18-17-8)11(12,13)14/h4-5H,1-3H3,(H,15,16)(H,17,18). The zero-order valence-electron chi connectivity index (χ0n) is 10.2. The van der Waals surface area contributed by atoms with Gasteiger partial charge >= 0.3 is 6.18 Å². The Hall–Kier alpha value is -1.79. The molecule has 0 aliphatic heterocycles. The monoisotopic (exact) mass is 258 g/mol. The van der Waals surface area contributed by atoms with Crippen LogP contribution in [0.2, 0.25) is 0 Å². The summed E-state index contributed by atoms with van der Waals surface area (Å²) < 4.78 is 37.5. The smallest absolute Gasteiger partial charge is 0.283 e. The molecule has 0 aliphatic carbocycles. The lowest BCUT2D eigenvalue weighted by molar-refractivity contribution is -0.141. The number of halogens is 3. The summed E-state index contributed by atoms with van der Waals surface area (Å²) in [4.78, 5) is 0. The molecular formula is C11H13F3N4. The molecule has 0 atom stereocenters. The van der Waals surface area contributed by atoms with Gasteiger partial charge in [0.2, 0.25) is 0 Å². The van der Waals surface area contributed by atoms with Crippen LogP contribution in [0.1, 0.15) is 36.6 Å². The van der Waals surface area contributed by atoms with Gasteiger partial charge in [-0.05, 0) is 32.9 Å². The van der Waals surface area contributed by atoms with E-state index in [0.717, 1.165) is 11.8 Å². The molecule has 0 spiro atoms. The van der Waals surface area contributed by atoms with Gasteiger partial charge in [0.25, 0.3) is 0 Å². The minimum absolute atomic E-state index is 0.376. The Morgan fingerprint density at radius 1 is 1.00 bits per heavy atom. The summed E-state index contributed by atoms with van der Waals surface area (Å²) in [6, 6.07) is 2.82. The zero-order chi connectivity index (χ0) is 13.6. The maximum absolute atomic E-state index is 12.5. The average molecular weight is 258 g/mol. The van der Waals surface area contributed by atoms with Gasteiger partial charge in [0, 0.05) is 11.4 Å². The summed E-state index contributed by atoms with van der Waals surface area (Å²) in [5.74, 6) is 0. The fourth-order valence-corrected chi connectivity index (χ4v) is 1.66. The van der Waals surface area contributed by atoms with Crippen LogP contribution in [0, 0.1) is 6.92 Å². The van der Waals surface area contributed by atoms with Gasteiger partial charge in [-0.15, -0.1) is 0 Å². The van der Waals surface area contributed by atoms with Crippen molar-refractivity contribution in [2.75, 3.05) is 0 Å². The second kappa shape index (κ2) is 3.86. The molecule has 0 aliphatic rings. The molecule has 2 heterocycles. The summed E-state index contributed by atoms with van der Waals surface area (Å²) in [6.07, 6.45) is -4.44. The topological polar surface area (TPSA) is 57.4 Å². The first kappa shape index (κ1) is 12.7. The van der Waals surface area contributed by atoms with E-state index in [4.69, 9.17) is 0 Å². The van der Waals surface area contributed by atoms with E-state index in [1.165, 1.54) is 0 Å². The van der Waals surface area contributed by atoms with Crippen molar-refractivity contribution < 1.29 is 13.2 Å². The van der Waals surface area contributed by atoms with Crippen LogP contribution in [0.25, 0.3) is 0 Å². The van der Waals surface area contributed by atoms with Crippen LogP contribution >= 0.6 is 0 Å². The molecule has 0 fully saturated rings. The first-order valence-corrected chi connectivity index (χ1v) is 5.37. The summed E-state index contributed by atoms with van der Waals surface area (Å²) in [7, 11) is 0. The third kappa shape index (κ3) is 2.12. The Bertz CT molecular complexity index is 551. The lowest BCUT2D eigenvalue weighted by Crippen LogP contribution is -2.20. The number of aromatic nitrogens is 4. The minimum Gasteiger partial charge on any atom is -0.283 e. The molecule has 2 aromatic heterocycles. The Morgan fingerprint density at radius 3 is 2.06 bits per heavy atom. The molecule has 18 heavy (non-hydrogen) atoms. The summed E-state index contributed by atoms with van der Waals surface area (Å²) in [6.45, 7) is 5.41. The SMILES string of the molecule is Cc1cc(C(C)(C)c2cc(C(F)(F)F)n[nH]2)n[nH]1. The molecule has 0 aromatic carbocycles. The van der Waals surface area contributed by atoms with Gasteiger partial charge in [-0.25, -0.2) is 0 Å². The molecule has 2 aromatic rings. The van der Waals surface area contributed by atoms with Gasteiger partial charge in [-0.2, -0.15) is 23.4 Å². The number of aryl methyl sites for hydroxylation is 1. The van der Waals surface area contributed by atoms with E-state index in [2.05, 4.69) is 20.4 Å². The molecule has 7 heteroatoms. The van der Waals surface area contributed by atoms with Gasteiger partial charge < -0.3 is 0 Å². The number of rotatable bonds is 2. The summed E-state index contributed by atoms with van der Waals surface area (Å²) in [5.41, 5.74) is 0.312. The van der Waals surface area contributed by atoms with E-state index < -0.39 is 17.3 Å². The number of nitrogens with one attached hydrogen (secondary N) is 2. The number of aromatic amines is 2. The number of H-pyrrole nitrogens is 2. The lowest BCUT2D eigenvalue weighted by Gasteiger charge is -2.19. The van der Waals surface area contributed by atoms with Crippen LogP contribution in [0.3, 0.4) is 0 Å². The van der Waals surface area contributed by atoms with Crippen LogP contribution in [-0.2, 0) is 11.6 Å². The molecule has 0 bridgehead atoms. The maximum atomic E-state index is 12.5. The Labute approximate surface area is 102 Å². The van der Waals surface area contributed by atoms with Gasteiger partial charge in [-0.1, -0.05) is 0 Å². The van der Waals surface area contributed by atoms with E-state index in [1.807, 2.05) is 6.92 Å². The molecule has 4 nitrogen and oxygen atoms in total. The van der Waals surface area contributed by atoms with Gasteiger partial charge in [0.05, 0.1) is 11.1 Å². The summed E-state index contributed by atoms with van der Waals surface area (Å²) in [5, 5.41) is 12.6. The molecule has 0 saturated heterocycles. The Balaban J connectivity index is 2.39. The van der Waals surface area contributed by atoms with Gasteiger partial charge in [0.15, 0.2) is 5.69 Å². The van der Waals surface area contributed by atoms with Crippen molar-refractivity contribution in [2.24, 2.45) is 0 Å². The molecule has 2 N–H and O–H groups in total. The molecular weight excluding hydrogens is 245 g/mol. The minimum atomic E-state index is -4.44. The molecule has 0 saturated carbocycles. The number of alkyl halides is 3. The predicted molar refractivity (Wildman–Crippen MR) is 59.0 cm³/mol. The third-order valence-corrected chi connectivity index (χ3v) is 2.89. The lowest BCUT2D eigenvalue weighted by atomic mass is 9.85. The number of hydrogen-bond acceptors (Lipinski definition) is 2. The van der Waals surface area contributed by atoms with Crippen LogP contribution in [0.5, 0.6) is 0 Å². The van der Waals surface area contributed by atoms with Crippen LogP contribution in [0.4, 0.5) is 13.2 Å². The van der Waals surface area contributed by atoms with Gasteiger partial charge in [-0.3, -0.25) is 10.2 Å². The number of nitrogens with zero attached hydrogens (tertiary/aromatic N) is 2. The van der Waals surface area contributed by atoms with E-state index in [1.54, 1.807) is 19.9 Å². The third-order valence-electron chi connectivity index (χ3n) is 2.89. The van der Waals surface area contributed by atoms with Crippen molar-refractivity contribution in [3.05, 3.63) is 34.9 Å². The highest BCUT2D eigenvalue weighted by Crippen LogP contribution is 2.33. The van der Waals surface area contributed by atoms with Crippen molar-refractivity contribution in [2.45, 2.75) is 32.4 Å². The molecule has 0 unspecified atom stereocenters. The first-order chi connectivity index (χ1) is 8.21. The highest BCUT2D eigenvalue weighted by atomic mass is 19.4. The summed E-state index contributed by atoms with van der Waals surface area (Å²) >= 11 is 0. The largest absolute Gasteiger partial charge is 0.435 e. The zero-order valence-corrected chi connectivity index (χ0v) is 10.2. The molecule has 0 amide bonds. The Morgan fingerprint density at radius 2 is 1.61 bits per heavy atom. The Kier molecular flexibility index (Phi) is 2.71. The van der Waals surface area contributed by atoms with Crippen LogP contribution < -0.4 is 0 Å². The van der Waals surface area contributed by atoms with Gasteiger partial charge in [0.1, 0.15) is 0 Å². The second-order valence-electron chi connectivity index (χ2n) is 4.73. The van der Waals surface area contributed by atoms with E-state index >= 15 is 0 Å². The van der Waals surface area contributed by atoms with Crippen molar-refractivity contribution in [1.29, 1.82) is 0 Å². The van der Waals surface area contributed by atoms with E-state index in [0.29, 0.717) is 11.4 Å². The second-order valence-corrected chi connectivity index (χ2v) is 4.73. The highest BCUT2D eigenvalue weighted by Gasteiger charge is 2.36. The maximum Gasteiger partial charge on any atom is 0.435 e. The highest BCUT2D eigenvalue weighted by molar-refractivity contribution is 5.30. The molecule has 98 valence electrons. The molecule has 0 radical (unpaired) electrons. The normalized spacial score (nSPS) is 13.0. The fraction of sp³-hybridized carbons (Fsp3) is 0.455. The van der Waals surface area contributed by atoms with Crippen molar-refractivity contribution in [1.82, 2.24) is 20.4 Å². The van der Waals surface area contributed by atoms with Crippen LogP contribution in [-0.4, -0.2) is 20.4 Å². The van der Waals surface area contributed by atoms with E-state index in [-0.39, 0.29) is 0 Å². The fourth-order valence-electron chi connectivity index (χ4n) is 1.66. The van der Waals surface area contributed by atoms with Crippen molar-refractivity contribution in [3.63, 3.8) is 0 Å². The van der Waals surface area contributed by atoms with E-state index in [9.17, 15) is 13.2 Å². The van der Waals surface area contributed by atoms with Crippen LogP contribution in [0.15, 0.2) is 12.1 Å². The predicted octanol–water partition coefficient (Wildman–Crippen LogP) is 2.79. The first-order valence-electron chi connectivity index (χ1n) is 5.37. The quantitative estimate of drug-likeness (QED) is 0.870. The molecule has 2 rings (SSSR count). The van der Waals surface area contributed by atoms with Crippen molar-refractivity contribution in [3.8, 4) is 0 Å². The van der Waals surface area contributed by atoms with Crippen molar-refractivity contribution >= 4 is 0 Å². The average Bonchev–Trinajstić information content (AvgIpc) is 2.83. The number of hydrogen-bond donors (Lipinski definition) is 2.